The molecule has 2 unspecified atom stereocenters. The van der Waals surface area contributed by atoms with E-state index in [1.165, 1.54) is 0 Å². The number of nitrogens with two attached hydrogens (primary N) is 1. The Bertz CT molecular complexity index is 434. The highest BCUT2D eigenvalue weighted by atomic mass is 16.5. The van der Waals surface area contributed by atoms with Crippen LogP contribution >= 0.6 is 0 Å². The Labute approximate surface area is 114 Å². The third-order valence-corrected chi connectivity index (χ3v) is 3.87. The molecule has 19 heavy (non-hydrogen) atoms. The predicted octanol–water partition coefficient (Wildman–Crippen LogP) is 2.15. The van der Waals surface area contributed by atoms with Gasteiger partial charge in [0.05, 0.1) is 6.61 Å². The van der Waals surface area contributed by atoms with E-state index >= 15 is 0 Å². The molecule has 2 rings (SSSR count). The zero-order valence-corrected chi connectivity index (χ0v) is 11.4. The van der Waals surface area contributed by atoms with Crippen LogP contribution in [0, 0.1) is 11.8 Å². The topological polar surface area (TPSA) is 64.3 Å². The van der Waals surface area contributed by atoms with Crippen molar-refractivity contribution in [2.24, 2.45) is 17.6 Å². The van der Waals surface area contributed by atoms with E-state index in [2.05, 4.69) is 5.32 Å². The third-order valence-electron chi connectivity index (χ3n) is 3.87. The van der Waals surface area contributed by atoms with Crippen LogP contribution in [0.4, 0.5) is 5.69 Å². The summed E-state index contributed by atoms with van der Waals surface area (Å²) in [5.41, 5.74) is 7.58. The quantitative estimate of drug-likeness (QED) is 0.854. The van der Waals surface area contributed by atoms with Gasteiger partial charge in [-0.05, 0) is 31.4 Å². The molecule has 1 aliphatic carbocycles. The van der Waals surface area contributed by atoms with Crippen molar-refractivity contribution in [3.05, 3.63) is 29.8 Å². The molecule has 1 fully saturated rings. The zero-order valence-electron chi connectivity index (χ0n) is 11.4. The van der Waals surface area contributed by atoms with Gasteiger partial charge in [0.15, 0.2) is 0 Å². The Kier molecular flexibility index (Phi) is 4.93. The minimum absolute atomic E-state index is 0.0561. The number of hydrogen-bond donors (Lipinski definition) is 2. The Morgan fingerprint density at radius 2 is 2.21 bits per heavy atom. The lowest BCUT2D eigenvalue weighted by Gasteiger charge is -2.18. The molecule has 104 valence electrons. The summed E-state index contributed by atoms with van der Waals surface area (Å²) in [5.74, 6) is 0.478. The number of carbonyl (C=O) groups is 1. The van der Waals surface area contributed by atoms with Crippen LogP contribution in [0.15, 0.2) is 24.3 Å². The van der Waals surface area contributed by atoms with Crippen LogP contribution in [0.25, 0.3) is 0 Å². The summed E-state index contributed by atoms with van der Waals surface area (Å²) in [4.78, 5) is 12.3. The second-order valence-electron chi connectivity index (χ2n) is 5.11. The molecular weight excluding hydrogens is 240 g/mol. The van der Waals surface area contributed by atoms with Crippen LogP contribution in [0.2, 0.25) is 0 Å². The molecule has 1 aliphatic rings. The van der Waals surface area contributed by atoms with Gasteiger partial charge >= 0.3 is 0 Å². The van der Waals surface area contributed by atoms with Crippen molar-refractivity contribution >= 4 is 11.6 Å². The number of amides is 1. The molecule has 1 aromatic rings. The fourth-order valence-corrected chi connectivity index (χ4v) is 2.81. The standard InChI is InChI=1S/C15H22N2O2/c1-19-10-12-5-2-3-8-14(12)17-15(18)13-7-4-6-11(13)9-16/h2-3,5,8,11,13H,4,6-7,9-10,16H2,1H3,(H,17,18). The molecule has 0 spiro atoms. The van der Waals surface area contributed by atoms with E-state index in [0.29, 0.717) is 19.1 Å². The van der Waals surface area contributed by atoms with Crippen molar-refractivity contribution in [1.29, 1.82) is 0 Å². The number of hydrogen-bond acceptors (Lipinski definition) is 3. The van der Waals surface area contributed by atoms with Crippen LogP contribution < -0.4 is 11.1 Å². The molecule has 2 atom stereocenters. The molecule has 1 amide bonds. The van der Waals surface area contributed by atoms with Gasteiger partial charge in [-0.15, -0.1) is 0 Å². The smallest absolute Gasteiger partial charge is 0.227 e. The van der Waals surface area contributed by atoms with E-state index in [1.807, 2.05) is 24.3 Å². The normalized spacial score (nSPS) is 22.4. The Balaban J connectivity index is 2.06. The predicted molar refractivity (Wildman–Crippen MR) is 75.7 cm³/mol. The molecule has 4 heteroatoms. The first-order chi connectivity index (χ1) is 9.26. The van der Waals surface area contributed by atoms with Gasteiger partial charge in [-0.1, -0.05) is 24.6 Å². The number of ether oxygens (including phenoxy) is 1. The average molecular weight is 262 g/mol. The van der Waals surface area contributed by atoms with Crippen LogP contribution in [0.5, 0.6) is 0 Å². The molecule has 1 aromatic carbocycles. The Hall–Kier alpha value is -1.39. The SMILES string of the molecule is COCc1ccccc1NC(=O)C1CCCC1CN. The summed E-state index contributed by atoms with van der Waals surface area (Å²) in [5, 5.41) is 3.03. The minimum Gasteiger partial charge on any atom is -0.380 e. The van der Waals surface area contributed by atoms with Gasteiger partial charge in [-0.3, -0.25) is 4.79 Å². The fraction of sp³-hybridized carbons (Fsp3) is 0.533. The molecule has 0 radical (unpaired) electrons. The van der Waals surface area contributed by atoms with Gasteiger partial charge in [0.1, 0.15) is 0 Å². The van der Waals surface area contributed by atoms with Gasteiger partial charge in [0, 0.05) is 24.3 Å². The lowest BCUT2D eigenvalue weighted by Crippen LogP contribution is -2.30. The third kappa shape index (κ3) is 3.33. The summed E-state index contributed by atoms with van der Waals surface area (Å²) in [7, 11) is 1.65. The number of methoxy groups -OCH3 is 1. The molecule has 0 aliphatic heterocycles. The van der Waals surface area contributed by atoms with Crippen molar-refractivity contribution < 1.29 is 9.53 Å². The lowest BCUT2D eigenvalue weighted by atomic mass is 9.95. The van der Waals surface area contributed by atoms with E-state index in [1.54, 1.807) is 7.11 Å². The van der Waals surface area contributed by atoms with Crippen LogP contribution in [0.3, 0.4) is 0 Å². The minimum atomic E-state index is 0.0561. The summed E-state index contributed by atoms with van der Waals surface area (Å²) in [6, 6.07) is 7.75. The summed E-state index contributed by atoms with van der Waals surface area (Å²) in [6.45, 7) is 1.10. The molecular formula is C15H22N2O2. The molecule has 0 bridgehead atoms. The van der Waals surface area contributed by atoms with Gasteiger partial charge < -0.3 is 15.8 Å². The van der Waals surface area contributed by atoms with Gasteiger partial charge in [0.25, 0.3) is 0 Å². The number of carbonyl (C=O) groups excluding carboxylic acids is 1. The Morgan fingerprint density at radius 1 is 1.42 bits per heavy atom. The Morgan fingerprint density at radius 3 is 2.95 bits per heavy atom. The molecule has 0 heterocycles. The largest absolute Gasteiger partial charge is 0.380 e. The summed E-state index contributed by atoms with van der Waals surface area (Å²) in [6.07, 6.45) is 3.11. The van der Waals surface area contributed by atoms with E-state index in [0.717, 1.165) is 30.5 Å². The molecule has 3 N–H and O–H groups in total. The monoisotopic (exact) mass is 262 g/mol. The summed E-state index contributed by atoms with van der Waals surface area (Å²) >= 11 is 0. The zero-order chi connectivity index (χ0) is 13.7. The molecule has 1 saturated carbocycles. The first-order valence-electron chi connectivity index (χ1n) is 6.84. The van der Waals surface area contributed by atoms with Crippen molar-refractivity contribution in [2.45, 2.75) is 25.9 Å². The molecule has 0 saturated heterocycles. The first-order valence-corrected chi connectivity index (χ1v) is 6.84. The van der Waals surface area contributed by atoms with Gasteiger partial charge in [-0.25, -0.2) is 0 Å². The second kappa shape index (κ2) is 6.68. The number of nitrogens with one attached hydrogen (secondary N) is 1. The van der Waals surface area contributed by atoms with Crippen molar-refractivity contribution in [2.75, 3.05) is 19.0 Å². The maximum Gasteiger partial charge on any atom is 0.227 e. The number of para-hydroxylation sites is 1. The van der Waals surface area contributed by atoms with E-state index in [9.17, 15) is 4.79 Å². The first kappa shape index (κ1) is 14.0. The second-order valence-corrected chi connectivity index (χ2v) is 5.11. The number of benzene rings is 1. The highest BCUT2D eigenvalue weighted by Gasteiger charge is 2.32. The maximum atomic E-state index is 12.3. The number of anilines is 1. The number of rotatable bonds is 5. The van der Waals surface area contributed by atoms with Gasteiger partial charge in [0.2, 0.25) is 5.91 Å². The van der Waals surface area contributed by atoms with Crippen molar-refractivity contribution in [3.63, 3.8) is 0 Å². The van der Waals surface area contributed by atoms with Crippen LogP contribution in [-0.4, -0.2) is 19.6 Å². The van der Waals surface area contributed by atoms with Gasteiger partial charge in [-0.2, -0.15) is 0 Å². The molecule has 4 nitrogen and oxygen atoms in total. The highest BCUT2D eigenvalue weighted by molar-refractivity contribution is 5.93. The van der Waals surface area contributed by atoms with E-state index in [-0.39, 0.29) is 11.8 Å². The summed E-state index contributed by atoms with van der Waals surface area (Å²) < 4.78 is 5.15. The van der Waals surface area contributed by atoms with Crippen molar-refractivity contribution in [3.8, 4) is 0 Å². The highest BCUT2D eigenvalue weighted by Crippen LogP contribution is 2.32. The average Bonchev–Trinajstić information content (AvgIpc) is 2.89. The maximum absolute atomic E-state index is 12.3. The fourth-order valence-electron chi connectivity index (χ4n) is 2.81. The van der Waals surface area contributed by atoms with Crippen LogP contribution in [-0.2, 0) is 16.1 Å². The lowest BCUT2D eigenvalue weighted by molar-refractivity contribution is -0.120. The van der Waals surface area contributed by atoms with E-state index in [4.69, 9.17) is 10.5 Å². The van der Waals surface area contributed by atoms with Crippen molar-refractivity contribution in [1.82, 2.24) is 0 Å². The van der Waals surface area contributed by atoms with Crippen LogP contribution in [0.1, 0.15) is 24.8 Å². The molecule has 0 aromatic heterocycles. The van der Waals surface area contributed by atoms with E-state index < -0.39 is 0 Å².